The van der Waals surface area contributed by atoms with Crippen molar-refractivity contribution < 1.29 is 14.6 Å². The molecule has 2 N–H and O–H groups in total. The number of benzene rings is 2. The second-order valence-corrected chi connectivity index (χ2v) is 6.17. The van der Waals surface area contributed by atoms with Crippen LogP contribution in [-0.4, -0.2) is 22.4 Å². The smallest absolute Gasteiger partial charge is 0.123 e. The molecule has 0 heterocycles. The number of halogens is 1. The van der Waals surface area contributed by atoms with Crippen LogP contribution in [0.25, 0.3) is 21.9 Å². The Hall–Kier alpha value is -2.49. The highest BCUT2D eigenvalue weighted by Crippen LogP contribution is 2.51. The maximum atomic E-state index is 13.5. The fraction of sp³-hybridized carbons (Fsp3) is 0.100. The maximum absolute atomic E-state index is 13.5. The lowest BCUT2D eigenvalue weighted by molar-refractivity contribution is 0.269. The zero-order chi connectivity index (χ0) is 15.7. The molecule has 0 fully saturated rings. The molecule has 0 aromatic heterocycles. The van der Waals surface area contributed by atoms with E-state index in [2.05, 4.69) is 0 Å². The molecule has 3 heteroatoms. The van der Waals surface area contributed by atoms with Crippen molar-refractivity contribution in [2.45, 2.75) is 12.2 Å². The Morgan fingerprint density at radius 2 is 1.74 bits per heavy atom. The van der Waals surface area contributed by atoms with Crippen LogP contribution in [0.4, 0.5) is 4.39 Å². The Kier molecular flexibility index (Phi) is 2.42. The number of aliphatic hydroxyl groups is 2. The van der Waals surface area contributed by atoms with Gasteiger partial charge in [0, 0.05) is 5.57 Å². The summed E-state index contributed by atoms with van der Waals surface area (Å²) in [5.74, 6) is -0.270. The Morgan fingerprint density at radius 3 is 2.61 bits per heavy atom. The fourth-order valence-corrected chi connectivity index (χ4v) is 3.84. The van der Waals surface area contributed by atoms with E-state index in [0.29, 0.717) is 0 Å². The molecule has 0 aliphatic heterocycles. The largest absolute Gasteiger partial charge is 0.385 e. The Bertz CT molecular complexity index is 1010. The van der Waals surface area contributed by atoms with E-state index in [1.165, 1.54) is 12.1 Å². The molecule has 3 aliphatic carbocycles. The van der Waals surface area contributed by atoms with E-state index >= 15 is 0 Å². The van der Waals surface area contributed by atoms with Gasteiger partial charge in [0.2, 0.25) is 0 Å². The molecule has 0 radical (unpaired) electrons. The molecule has 112 valence electrons. The topological polar surface area (TPSA) is 40.5 Å². The first-order valence-electron chi connectivity index (χ1n) is 7.59. The van der Waals surface area contributed by atoms with Gasteiger partial charge in [-0.2, -0.15) is 0 Å². The molecule has 2 nitrogen and oxygen atoms in total. The third-order valence-corrected chi connectivity index (χ3v) is 4.79. The molecule has 0 bridgehead atoms. The minimum Gasteiger partial charge on any atom is -0.385 e. The highest BCUT2D eigenvalue weighted by molar-refractivity contribution is 6.09. The lowest BCUT2D eigenvalue weighted by Crippen LogP contribution is -2.14. The Balaban J connectivity index is 1.86. The van der Waals surface area contributed by atoms with Gasteiger partial charge in [0.05, 0.1) is 12.2 Å². The first-order valence-corrected chi connectivity index (χ1v) is 7.59. The van der Waals surface area contributed by atoms with E-state index in [1.54, 1.807) is 24.3 Å². The van der Waals surface area contributed by atoms with E-state index in [1.807, 2.05) is 18.2 Å². The standard InChI is InChI=1S/C20H13FO2/c21-13-3-1-10-7-16-15(8-12(10)5-13)17-9-14(22)6-11-2-4-18(23)20(16)19(11)17/h1-9,14,18,22-23H. The van der Waals surface area contributed by atoms with Crippen molar-refractivity contribution in [3.63, 3.8) is 0 Å². The molecule has 23 heavy (non-hydrogen) atoms. The van der Waals surface area contributed by atoms with Crippen LogP contribution >= 0.6 is 0 Å². The van der Waals surface area contributed by atoms with E-state index in [0.717, 1.165) is 44.2 Å². The number of allylic oxidation sites excluding steroid dienone is 4. The zero-order valence-corrected chi connectivity index (χ0v) is 12.1. The summed E-state index contributed by atoms with van der Waals surface area (Å²) in [6.07, 6.45) is 5.85. The molecular weight excluding hydrogens is 291 g/mol. The monoisotopic (exact) mass is 304 g/mol. The van der Waals surface area contributed by atoms with Gasteiger partial charge in [0.15, 0.2) is 0 Å². The number of fused-ring (bicyclic) bond motifs is 4. The number of hydrogen-bond acceptors (Lipinski definition) is 2. The fourth-order valence-electron chi connectivity index (χ4n) is 3.84. The van der Waals surface area contributed by atoms with E-state index in [9.17, 15) is 14.6 Å². The van der Waals surface area contributed by atoms with Gasteiger partial charge in [-0.1, -0.05) is 18.2 Å². The number of aliphatic hydroxyl groups excluding tert-OH is 2. The van der Waals surface area contributed by atoms with Crippen LogP contribution in [0.2, 0.25) is 0 Å². The summed E-state index contributed by atoms with van der Waals surface area (Å²) in [6, 6.07) is 8.65. The Morgan fingerprint density at radius 1 is 0.913 bits per heavy atom. The molecule has 2 aromatic rings. The maximum Gasteiger partial charge on any atom is 0.123 e. The SMILES string of the molecule is OC1C=C2C=CC(O)C3=C2C(=C1)c1cc2cc(F)ccc2cc13. The normalized spacial score (nSPS) is 24.5. The lowest BCUT2D eigenvalue weighted by atomic mass is 9.85. The number of rotatable bonds is 0. The highest BCUT2D eigenvalue weighted by atomic mass is 19.1. The van der Waals surface area contributed by atoms with Gasteiger partial charge in [-0.3, -0.25) is 0 Å². The minimum atomic E-state index is -0.667. The Labute approximate surface area is 132 Å². The van der Waals surface area contributed by atoms with Crippen molar-refractivity contribution in [3.8, 4) is 0 Å². The summed E-state index contributed by atoms with van der Waals surface area (Å²) in [6.45, 7) is 0. The van der Waals surface area contributed by atoms with Crippen molar-refractivity contribution in [1.29, 1.82) is 0 Å². The molecule has 5 rings (SSSR count). The molecule has 2 unspecified atom stereocenters. The molecule has 0 amide bonds. The second kappa shape index (κ2) is 4.28. The molecule has 2 atom stereocenters. The molecule has 3 aliphatic rings. The molecule has 0 spiro atoms. The summed E-state index contributed by atoms with van der Waals surface area (Å²) in [5, 5.41) is 22.3. The average Bonchev–Trinajstić information content (AvgIpc) is 2.84. The van der Waals surface area contributed by atoms with E-state index in [-0.39, 0.29) is 5.82 Å². The summed E-state index contributed by atoms with van der Waals surface area (Å²) >= 11 is 0. The first-order chi connectivity index (χ1) is 11.1. The highest BCUT2D eigenvalue weighted by Gasteiger charge is 2.35. The molecule has 0 saturated carbocycles. The quantitative estimate of drug-likeness (QED) is 0.783. The summed E-state index contributed by atoms with van der Waals surface area (Å²) in [5.41, 5.74) is 5.62. The van der Waals surface area contributed by atoms with Crippen LogP contribution in [0.15, 0.2) is 65.8 Å². The molecule has 2 aromatic carbocycles. The summed E-state index contributed by atoms with van der Waals surface area (Å²) < 4.78 is 13.5. The van der Waals surface area contributed by atoms with Gasteiger partial charge in [-0.05, 0) is 75.0 Å². The lowest BCUT2D eigenvalue weighted by Gasteiger charge is -2.22. The molecular formula is C20H13FO2. The zero-order valence-electron chi connectivity index (χ0n) is 12.1. The molecule has 0 saturated heterocycles. The van der Waals surface area contributed by atoms with Crippen molar-refractivity contribution >= 4 is 21.9 Å². The first kappa shape index (κ1) is 13.0. The van der Waals surface area contributed by atoms with Gasteiger partial charge in [0.25, 0.3) is 0 Å². The van der Waals surface area contributed by atoms with Crippen molar-refractivity contribution in [3.05, 3.63) is 82.7 Å². The predicted octanol–water partition coefficient (Wildman–Crippen LogP) is 3.36. The minimum absolute atomic E-state index is 0.270. The van der Waals surface area contributed by atoms with Gasteiger partial charge < -0.3 is 10.2 Å². The van der Waals surface area contributed by atoms with Crippen molar-refractivity contribution in [2.24, 2.45) is 0 Å². The van der Waals surface area contributed by atoms with Crippen LogP contribution in [0, 0.1) is 5.82 Å². The predicted molar refractivity (Wildman–Crippen MR) is 88.0 cm³/mol. The van der Waals surface area contributed by atoms with Crippen molar-refractivity contribution in [1.82, 2.24) is 0 Å². The summed E-state index contributed by atoms with van der Waals surface area (Å²) in [4.78, 5) is 0. The van der Waals surface area contributed by atoms with Crippen LogP contribution in [0.1, 0.15) is 11.1 Å². The van der Waals surface area contributed by atoms with Crippen LogP contribution in [0.3, 0.4) is 0 Å². The average molecular weight is 304 g/mol. The van der Waals surface area contributed by atoms with Crippen LogP contribution in [-0.2, 0) is 0 Å². The van der Waals surface area contributed by atoms with Gasteiger partial charge in [-0.25, -0.2) is 4.39 Å². The second-order valence-electron chi connectivity index (χ2n) is 6.17. The summed E-state index contributed by atoms with van der Waals surface area (Å²) in [7, 11) is 0. The van der Waals surface area contributed by atoms with Gasteiger partial charge in [0.1, 0.15) is 5.82 Å². The van der Waals surface area contributed by atoms with Gasteiger partial charge >= 0.3 is 0 Å². The van der Waals surface area contributed by atoms with Crippen molar-refractivity contribution in [2.75, 3.05) is 0 Å². The van der Waals surface area contributed by atoms with E-state index in [4.69, 9.17) is 0 Å². The third kappa shape index (κ3) is 1.69. The third-order valence-electron chi connectivity index (χ3n) is 4.79. The number of hydrogen-bond donors (Lipinski definition) is 2. The van der Waals surface area contributed by atoms with Crippen LogP contribution in [0.5, 0.6) is 0 Å². The van der Waals surface area contributed by atoms with E-state index < -0.39 is 12.2 Å². The van der Waals surface area contributed by atoms with Gasteiger partial charge in [-0.15, -0.1) is 0 Å². The van der Waals surface area contributed by atoms with Crippen LogP contribution < -0.4 is 0 Å².